The van der Waals surface area contributed by atoms with E-state index in [0.29, 0.717) is 12.2 Å². The summed E-state index contributed by atoms with van der Waals surface area (Å²) in [4.78, 5) is 18.7. The summed E-state index contributed by atoms with van der Waals surface area (Å²) in [5.74, 6) is 0.0202. The minimum absolute atomic E-state index is 0.0202. The molecule has 0 N–H and O–H groups in total. The lowest BCUT2D eigenvalue weighted by atomic mass is 10.1. The molecular formula is C14H17BrN4O. The fraction of sp³-hybridized carbons (Fsp3) is 0.357. The first-order valence-corrected chi connectivity index (χ1v) is 7.16. The Bertz CT molecular complexity index is 580. The number of carbonyl (C=O) groups is 1. The van der Waals surface area contributed by atoms with E-state index in [1.54, 1.807) is 17.1 Å². The van der Waals surface area contributed by atoms with E-state index in [1.807, 2.05) is 32.3 Å². The maximum absolute atomic E-state index is 12.4. The highest BCUT2D eigenvalue weighted by molar-refractivity contribution is 9.10. The van der Waals surface area contributed by atoms with Gasteiger partial charge in [-0.1, -0.05) is 6.07 Å². The third-order valence-corrected chi connectivity index (χ3v) is 3.47. The van der Waals surface area contributed by atoms with Crippen LogP contribution < -0.4 is 0 Å². The standard InChI is InChI=1S/C14H17BrN4O/c1-18(2)7-8-19-14(12(15)10-17-19)13(20)9-11-5-3-4-6-16-11/h3-6,10H,7-9H2,1-2H3. The smallest absolute Gasteiger partial charge is 0.187 e. The molecule has 0 aliphatic carbocycles. The minimum atomic E-state index is 0.0202. The van der Waals surface area contributed by atoms with E-state index in [9.17, 15) is 4.79 Å². The molecule has 2 heterocycles. The van der Waals surface area contributed by atoms with E-state index in [4.69, 9.17) is 0 Å². The zero-order chi connectivity index (χ0) is 14.5. The molecule has 0 saturated carbocycles. The predicted octanol–water partition coefficient (Wildman–Crippen LogP) is 2.03. The van der Waals surface area contributed by atoms with Gasteiger partial charge in [0.15, 0.2) is 5.78 Å². The highest BCUT2D eigenvalue weighted by Gasteiger charge is 2.17. The van der Waals surface area contributed by atoms with E-state index in [1.165, 1.54) is 0 Å². The molecule has 0 amide bonds. The highest BCUT2D eigenvalue weighted by Crippen LogP contribution is 2.18. The van der Waals surface area contributed by atoms with Gasteiger partial charge in [0.1, 0.15) is 5.69 Å². The fourth-order valence-corrected chi connectivity index (χ4v) is 2.37. The molecule has 2 rings (SSSR count). The van der Waals surface area contributed by atoms with Crippen molar-refractivity contribution in [3.63, 3.8) is 0 Å². The number of hydrogen-bond donors (Lipinski definition) is 0. The molecule has 0 atom stereocenters. The maximum atomic E-state index is 12.4. The molecule has 0 spiro atoms. The number of aromatic nitrogens is 3. The average Bonchev–Trinajstić information content (AvgIpc) is 2.78. The summed E-state index contributed by atoms with van der Waals surface area (Å²) < 4.78 is 2.48. The lowest BCUT2D eigenvalue weighted by Crippen LogP contribution is -2.22. The number of halogens is 1. The summed E-state index contributed by atoms with van der Waals surface area (Å²) in [5, 5.41) is 4.25. The molecule has 0 aliphatic rings. The number of nitrogens with zero attached hydrogens (tertiary/aromatic N) is 4. The van der Waals surface area contributed by atoms with Crippen molar-refractivity contribution < 1.29 is 4.79 Å². The molecule has 0 radical (unpaired) electrons. The van der Waals surface area contributed by atoms with Crippen LogP contribution in [0, 0.1) is 0 Å². The number of likely N-dealkylation sites (N-methyl/N-ethyl adjacent to an activating group) is 1. The van der Waals surface area contributed by atoms with Crippen molar-refractivity contribution >= 4 is 21.7 Å². The quantitative estimate of drug-likeness (QED) is 0.757. The van der Waals surface area contributed by atoms with Crippen molar-refractivity contribution in [1.82, 2.24) is 19.7 Å². The molecule has 0 bridgehead atoms. The first-order valence-electron chi connectivity index (χ1n) is 6.37. The van der Waals surface area contributed by atoms with Crippen molar-refractivity contribution in [2.75, 3.05) is 20.6 Å². The van der Waals surface area contributed by atoms with Gasteiger partial charge >= 0.3 is 0 Å². The molecule has 0 saturated heterocycles. The van der Waals surface area contributed by atoms with Gasteiger partial charge in [0, 0.05) is 18.4 Å². The van der Waals surface area contributed by atoms with Crippen LogP contribution in [0.25, 0.3) is 0 Å². The Balaban J connectivity index is 2.15. The van der Waals surface area contributed by atoms with Crippen LogP contribution in [0.15, 0.2) is 35.1 Å². The Morgan fingerprint density at radius 3 is 2.85 bits per heavy atom. The van der Waals surface area contributed by atoms with Crippen molar-refractivity contribution in [2.24, 2.45) is 0 Å². The molecule has 2 aromatic rings. The molecule has 2 aromatic heterocycles. The van der Waals surface area contributed by atoms with Gasteiger partial charge in [-0.05, 0) is 42.2 Å². The van der Waals surface area contributed by atoms with Crippen LogP contribution in [-0.4, -0.2) is 46.1 Å². The summed E-state index contributed by atoms with van der Waals surface area (Å²) >= 11 is 3.40. The largest absolute Gasteiger partial charge is 0.308 e. The number of Topliss-reactive ketones (excluding diaryl/α,β-unsaturated/α-hetero) is 1. The van der Waals surface area contributed by atoms with Gasteiger partial charge in [-0.15, -0.1) is 0 Å². The Morgan fingerprint density at radius 2 is 2.20 bits per heavy atom. The molecule has 0 aromatic carbocycles. The second-order valence-electron chi connectivity index (χ2n) is 4.79. The van der Waals surface area contributed by atoms with Crippen molar-refractivity contribution in [1.29, 1.82) is 0 Å². The van der Waals surface area contributed by atoms with Gasteiger partial charge in [-0.25, -0.2) is 0 Å². The third kappa shape index (κ3) is 3.74. The summed E-state index contributed by atoms with van der Waals surface area (Å²) in [6.45, 7) is 1.51. The van der Waals surface area contributed by atoms with Gasteiger partial charge in [-0.2, -0.15) is 5.10 Å². The van der Waals surface area contributed by atoms with Crippen LogP contribution in [0.5, 0.6) is 0 Å². The van der Waals surface area contributed by atoms with Crippen LogP contribution in [0.4, 0.5) is 0 Å². The fourth-order valence-electron chi connectivity index (χ4n) is 1.85. The number of rotatable bonds is 6. The lowest BCUT2D eigenvalue weighted by molar-refractivity contribution is 0.0980. The Kier molecular flexibility index (Phi) is 5.03. The first kappa shape index (κ1) is 14.9. The topological polar surface area (TPSA) is 51.0 Å². The van der Waals surface area contributed by atoms with E-state index in [2.05, 4.69) is 30.9 Å². The third-order valence-electron chi connectivity index (χ3n) is 2.89. The maximum Gasteiger partial charge on any atom is 0.187 e. The summed E-state index contributed by atoms with van der Waals surface area (Å²) in [6.07, 6.45) is 3.65. The second kappa shape index (κ2) is 6.76. The molecule has 0 aliphatic heterocycles. The Labute approximate surface area is 126 Å². The first-order chi connectivity index (χ1) is 9.58. The molecule has 0 unspecified atom stereocenters. The van der Waals surface area contributed by atoms with Crippen molar-refractivity contribution in [2.45, 2.75) is 13.0 Å². The lowest BCUT2D eigenvalue weighted by Gasteiger charge is -2.11. The van der Waals surface area contributed by atoms with Crippen molar-refractivity contribution in [3.05, 3.63) is 46.5 Å². The van der Waals surface area contributed by atoms with E-state index in [-0.39, 0.29) is 12.2 Å². The number of carbonyl (C=O) groups excluding carboxylic acids is 1. The van der Waals surface area contributed by atoms with Crippen LogP contribution >= 0.6 is 15.9 Å². The summed E-state index contributed by atoms with van der Waals surface area (Å²) in [7, 11) is 3.99. The molecule has 5 nitrogen and oxygen atoms in total. The van der Waals surface area contributed by atoms with Gasteiger partial charge in [0.05, 0.1) is 23.6 Å². The Hall–Kier alpha value is -1.53. The normalized spacial score (nSPS) is 11.0. The monoisotopic (exact) mass is 336 g/mol. The number of pyridine rings is 1. The van der Waals surface area contributed by atoms with Gasteiger partial charge in [0.25, 0.3) is 0 Å². The van der Waals surface area contributed by atoms with E-state index >= 15 is 0 Å². The Morgan fingerprint density at radius 1 is 1.40 bits per heavy atom. The number of hydrogen-bond acceptors (Lipinski definition) is 4. The molecule has 20 heavy (non-hydrogen) atoms. The van der Waals surface area contributed by atoms with Crippen LogP contribution in [-0.2, 0) is 13.0 Å². The SMILES string of the molecule is CN(C)CCn1ncc(Br)c1C(=O)Cc1ccccn1. The van der Waals surface area contributed by atoms with E-state index in [0.717, 1.165) is 16.7 Å². The van der Waals surface area contributed by atoms with Crippen molar-refractivity contribution in [3.8, 4) is 0 Å². The van der Waals surface area contributed by atoms with Gasteiger partial charge in [-0.3, -0.25) is 14.5 Å². The zero-order valence-electron chi connectivity index (χ0n) is 11.6. The van der Waals surface area contributed by atoms with Crippen LogP contribution in [0.3, 0.4) is 0 Å². The molecule has 0 fully saturated rings. The van der Waals surface area contributed by atoms with E-state index < -0.39 is 0 Å². The second-order valence-corrected chi connectivity index (χ2v) is 5.64. The highest BCUT2D eigenvalue weighted by atomic mass is 79.9. The molecular weight excluding hydrogens is 320 g/mol. The number of ketones is 1. The van der Waals surface area contributed by atoms with Crippen LogP contribution in [0.1, 0.15) is 16.2 Å². The molecule has 6 heteroatoms. The zero-order valence-corrected chi connectivity index (χ0v) is 13.2. The molecule has 106 valence electrons. The van der Waals surface area contributed by atoms with Gasteiger partial charge in [0.2, 0.25) is 0 Å². The summed E-state index contributed by atoms with van der Waals surface area (Å²) in [5.41, 5.74) is 1.38. The summed E-state index contributed by atoms with van der Waals surface area (Å²) in [6, 6.07) is 5.57. The van der Waals surface area contributed by atoms with Gasteiger partial charge < -0.3 is 4.90 Å². The van der Waals surface area contributed by atoms with Crippen LogP contribution in [0.2, 0.25) is 0 Å². The average molecular weight is 337 g/mol. The predicted molar refractivity (Wildman–Crippen MR) is 80.8 cm³/mol. The minimum Gasteiger partial charge on any atom is -0.308 e.